The lowest BCUT2D eigenvalue weighted by Crippen LogP contribution is -2.60. The van der Waals surface area contributed by atoms with Gasteiger partial charge in [0.15, 0.2) is 0 Å². The molecule has 1 aliphatic rings. The summed E-state index contributed by atoms with van der Waals surface area (Å²) in [6.07, 6.45) is 5.20. The molecule has 1 aliphatic carbocycles. The topological polar surface area (TPSA) is 34.1 Å². The van der Waals surface area contributed by atoms with Crippen molar-refractivity contribution in [2.45, 2.75) is 45.9 Å². The maximum absolute atomic E-state index is 5.73. The molecule has 4 heteroatoms. The number of pyridine rings is 1. The molecule has 0 amide bonds. The molecule has 1 saturated carbocycles. The first kappa shape index (κ1) is 14.0. The molecule has 0 bridgehead atoms. The van der Waals surface area contributed by atoms with Gasteiger partial charge in [-0.05, 0) is 40.9 Å². The van der Waals surface area contributed by atoms with Crippen molar-refractivity contribution in [3.05, 3.63) is 28.5 Å². The van der Waals surface area contributed by atoms with Crippen LogP contribution in [0.1, 0.15) is 32.8 Å². The lowest BCUT2D eigenvalue weighted by molar-refractivity contribution is -0.114. The van der Waals surface area contributed by atoms with E-state index in [0.717, 1.165) is 24.0 Å². The number of aromatic nitrogens is 1. The van der Waals surface area contributed by atoms with E-state index in [1.807, 2.05) is 12.4 Å². The first-order valence-electron chi connectivity index (χ1n) is 6.48. The van der Waals surface area contributed by atoms with E-state index in [1.165, 1.54) is 5.56 Å². The number of rotatable bonds is 5. The van der Waals surface area contributed by atoms with E-state index >= 15 is 0 Å². The van der Waals surface area contributed by atoms with Gasteiger partial charge >= 0.3 is 0 Å². The lowest BCUT2D eigenvalue weighted by Gasteiger charge is -2.52. The summed E-state index contributed by atoms with van der Waals surface area (Å²) in [4.78, 5) is 4.18. The maximum atomic E-state index is 5.73. The Kier molecular flexibility index (Phi) is 4.41. The van der Waals surface area contributed by atoms with Crippen LogP contribution in [-0.4, -0.2) is 23.7 Å². The molecule has 1 aromatic heterocycles. The van der Waals surface area contributed by atoms with Crippen LogP contribution in [0, 0.1) is 5.41 Å². The van der Waals surface area contributed by atoms with E-state index in [2.05, 4.69) is 53.1 Å². The monoisotopic (exact) mass is 312 g/mol. The highest BCUT2D eigenvalue weighted by Gasteiger charge is 2.48. The highest BCUT2D eigenvalue weighted by molar-refractivity contribution is 9.10. The molecule has 1 aromatic rings. The standard InChI is InChI=1S/C14H21BrN2O/c1-4-18-13-6-12(14(13,2)3)17-8-10-5-11(15)9-16-7-10/h5,7,9,12-13,17H,4,6,8H2,1-3H3. The van der Waals surface area contributed by atoms with Gasteiger partial charge < -0.3 is 10.1 Å². The molecule has 2 atom stereocenters. The Hall–Kier alpha value is -0.450. The van der Waals surface area contributed by atoms with Gasteiger partial charge in [0, 0.05) is 41.5 Å². The Morgan fingerprint density at radius 2 is 2.28 bits per heavy atom. The minimum absolute atomic E-state index is 0.218. The zero-order chi connectivity index (χ0) is 13.2. The molecule has 0 radical (unpaired) electrons. The van der Waals surface area contributed by atoms with E-state index in [0.29, 0.717) is 12.1 Å². The fourth-order valence-electron chi connectivity index (χ4n) is 2.51. The molecule has 1 fully saturated rings. The lowest BCUT2D eigenvalue weighted by atomic mass is 9.64. The summed E-state index contributed by atoms with van der Waals surface area (Å²) in [7, 11) is 0. The van der Waals surface area contributed by atoms with Crippen molar-refractivity contribution < 1.29 is 4.74 Å². The third-order valence-corrected chi connectivity index (χ3v) is 4.29. The van der Waals surface area contributed by atoms with Crippen LogP contribution in [0.3, 0.4) is 0 Å². The van der Waals surface area contributed by atoms with Gasteiger partial charge in [0.05, 0.1) is 6.10 Å². The fourth-order valence-corrected chi connectivity index (χ4v) is 2.92. The van der Waals surface area contributed by atoms with Crippen LogP contribution in [0.4, 0.5) is 0 Å². The summed E-state index contributed by atoms with van der Waals surface area (Å²) in [5.74, 6) is 0. The Morgan fingerprint density at radius 3 is 2.89 bits per heavy atom. The second-order valence-corrected chi connectivity index (χ2v) is 6.36. The largest absolute Gasteiger partial charge is 0.378 e. The predicted molar refractivity (Wildman–Crippen MR) is 76.4 cm³/mol. The van der Waals surface area contributed by atoms with Crippen molar-refractivity contribution >= 4 is 15.9 Å². The molecule has 0 aromatic carbocycles. The fraction of sp³-hybridized carbons (Fsp3) is 0.643. The molecule has 100 valence electrons. The summed E-state index contributed by atoms with van der Waals surface area (Å²) in [5.41, 5.74) is 1.43. The average Bonchev–Trinajstić information content (AvgIpc) is 2.33. The van der Waals surface area contributed by atoms with Crippen LogP contribution in [-0.2, 0) is 11.3 Å². The number of nitrogens with one attached hydrogen (secondary N) is 1. The third kappa shape index (κ3) is 2.92. The molecule has 1 heterocycles. The summed E-state index contributed by atoms with van der Waals surface area (Å²) < 4.78 is 6.76. The second-order valence-electron chi connectivity index (χ2n) is 5.45. The molecular weight excluding hydrogens is 292 g/mol. The Bertz CT molecular complexity index is 409. The van der Waals surface area contributed by atoms with E-state index in [9.17, 15) is 0 Å². The summed E-state index contributed by atoms with van der Waals surface area (Å²) in [5, 5.41) is 3.60. The number of halogens is 1. The van der Waals surface area contributed by atoms with Crippen LogP contribution in [0.2, 0.25) is 0 Å². The van der Waals surface area contributed by atoms with E-state index in [4.69, 9.17) is 4.74 Å². The first-order chi connectivity index (χ1) is 8.54. The van der Waals surface area contributed by atoms with Crippen molar-refractivity contribution in [2.75, 3.05) is 6.61 Å². The molecule has 0 spiro atoms. The van der Waals surface area contributed by atoms with Gasteiger partial charge in [-0.2, -0.15) is 0 Å². The van der Waals surface area contributed by atoms with Crippen LogP contribution in [0.5, 0.6) is 0 Å². The summed E-state index contributed by atoms with van der Waals surface area (Å²) >= 11 is 3.44. The van der Waals surface area contributed by atoms with E-state index < -0.39 is 0 Å². The van der Waals surface area contributed by atoms with Gasteiger partial charge in [-0.3, -0.25) is 4.98 Å². The van der Waals surface area contributed by atoms with Crippen molar-refractivity contribution in [3.63, 3.8) is 0 Å². The van der Waals surface area contributed by atoms with E-state index in [1.54, 1.807) is 0 Å². The van der Waals surface area contributed by atoms with Crippen molar-refractivity contribution in [2.24, 2.45) is 5.41 Å². The quantitative estimate of drug-likeness (QED) is 0.907. The molecule has 0 saturated heterocycles. The minimum atomic E-state index is 0.218. The maximum Gasteiger partial charge on any atom is 0.0655 e. The third-order valence-electron chi connectivity index (χ3n) is 3.86. The summed E-state index contributed by atoms with van der Waals surface area (Å²) in [6, 6.07) is 2.62. The van der Waals surface area contributed by atoms with Crippen molar-refractivity contribution in [3.8, 4) is 0 Å². The van der Waals surface area contributed by atoms with Crippen LogP contribution in [0.25, 0.3) is 0 Å². The number of hydrogen-bond acceptors (Lipinski definition) is 3. The smallest absolute Gasteiger partial charge is 0.0655 e. The van der Waals surface area contributed by atoms with Gasteiger partial charge in [0.1, 0.15) is 0 Å². The van der Waals surface area contributed by atoms with Crippen molar-refractivity contribution in [1.29, 1.82) is 0 Å². The normalized spacial score (nSPS) is 25.8. The minimum Gasteiger partial charge on any atom is -0.378 e. The molecular formula is C14H21BrN2O. The average molecular weight is 313 g/mol. The number of nitrogens with zero attached hydrogens (tertiary/aromatic N) is 1. The second kappa shape index (κ2) is 5.68. The van der Waals surface area contributed by atoms with Crippen molar-refractivity contribution in [1.82, 2.24) is 10.3 Å². The SMILES string of the molecule is CCOC1CC(NCc2cncc(Br)c2)C1(C)C. The van der Waals surface area contributed by atoms with Crippen LogP contribution >= 0.6 is 15.9 Å². The molecule has 1 N–H and O–H groups in total. The Morgan fingerprint density at radius 1 is 1.50 bits per heavy atom. The van der Waals surface area contributed by atoms with E-state index in [-0.39, 0.29) is 5.41 Å². The van der Waals surface area contributed by atoms with Gasteiger partial charge in [0.25, 0.3) is 0 Å². The number of hydrogen-bond donors (Lipinski definition) is 1. The first-order valence-corrected chi connectivity index (χ1v) is 7.27. The van der Waals surface area contributed by atoms with Crippen LogP contribution in [0.15, 0.2) is 22.9 Å². The summed E-state index contributed by atoms with van der Waals surface area (Å²) in [6.45, 7) is 8.26. The molecule has 3 nitrogen and oxygen atoms in total. The Balaban J connectivity index is 1.85. The highest BCUT2D eigenvalue weighted by atomic mass is 79.9. The highest BCUT2D eigenvalue weighted by Crippen LogP contribution is 2.42. The molecule has 2 rings (SSSR count). The number of ether oxygens (including phenoxy) is 1. The van der Waals surface area contributed by atoms with Gasteiger partial charge in [-0.1, -0.05) is 13.8 Å². The molecule has 18 heavy (non-hydrogen) atoms. The zero-order valence-electron chi connectivity index (χ0n) is 11.2. The molecule has 0 aliphatic heterocycles. The Labute approximate surface area is 117 Å². The zero-order valence-corrected chi connectivity index (χ0v) is 12.8. The molecule has 2 unspecified atom stereocenters. The predicted octanol–water partition coefficient (Wildman–Crippen LogP) is 3.14. The van der Waals surface area contributed by atoms with Gasteiger partial charge in [-0.15, -0.1) is 0 Å². The van der Waals surface area contributed by atoms with Gasteiger partial charge in [-0.25, -0.2) is 0 Å². The van der Waals surface area contributed by atoms with Gasteiger partial charge in [0.2, 0.25) is 0 Å². The van der Waals surface area contributed by atoms with Crippen LogP contribution < -0.4 is 5.32 Å².